The molecule has 1 aliphatic rings. The van der Waals surface area contributed by atoms with Crippen LogP contribution in [0.25, 0.3) is 0 Å². The fraction of sp³-hybridized carbons (Fsp3) is 0.636. The van der Waals surface area contributed by atoms with Crippen molar-refractivity contribution in [3.8, 4) is 12.3 Å². The molecular formula is C11H16N4. The first kappa shape index (κ1) is 10.2. The van der Waals surface area contributed by atoms with Crippen LogP contribution < -0.4 is 5.32 Å². The van der Waals surface area contributed by atoms with E-state index in [4.69, 9.17) is 6.42 Å². The summed E-state index contributed by atoms with van der Waals surface area (Å²) in [4.78, 5) is 4.47. The monoisotopic (exact) mass is 204 g/mol. The molecule has 1 fully saturated rings. The molecule has 1 aliphatic carbocycles. The van der Waals surface area contributed by atoms with Gasteiger partial charge in [0.15, 0.2) is 5.82 Å². The van der Waals surface area contributed by atoms with Gasteiger partial charge in [0.25, 0.3) is 0 Å². The molecule has 15 heavy (non-hydrogen) atoms. The van der Waals surface area contributed by atoms with E-state index in [0.717, 1.165) is 11.6 Å². The van der Waals surface area contributed by atoms with Gasteiger partial charge in [-0.3, -0.25) is 10.4 Å². The number of aromatic nitrogens is 3. The Bertz CT molecular complexity index is 344. The SMILES string of the molecule is C#CCNCc1nc(C2CCCC2)n[nH]1. The molecular weight excluding hydrogens is 188 g/mol. The van der Waals surface area contributed by atoms with E-state index in [0.29, 0.717) is 19.0 Å². The van der Waals surface area contributed by atoms with Crippen LogP contribution in [-0.2, 0) is 6.54 Å². The van der Waals surface area contributed by atoms with Crippen LogP contribution >= 0.6 is 0 Å². The van der Waals surface area contributed by atoms with Gasteiger partial charge in [0, 0.05) is 5.92 Å². The summed E-state index contributed by atoms with van der Waals surface area (Å²) >= 11 is 0. The van der Waals surface area contributed by atoms with Crippen molar-refractivity contribution in [2.75, 3.05) is 6.54 Å². The molecule has 1 aromatic heterocycles. The van der Waals surface area contributed by atoms with Gasteiger partial charge in [0.05, 0.1) is 13.1 Å². The molecule has 1 aromatic rings. The minimum absolute atomic E-state index is 0.569. The summed E-state index contributed by atoms with van der Waals surface area (Å²) < 4.78 is 0. The van der Waals surface area contributed by atoms with Gasteiger partial charge >= 0.3 is 0 Å². The van der Waals surface area contributed by atoms with E-state index < -0.39 is 0 Å². The average Bonchev–Trinajstić information content (AvgIpc) is 2.87. The molecule has 0 aliphatic heterocycles. The zero-order valence-electron chi connectivity index (χ0n) is 8.79. The van der Waals surface area contributed by atoms with Crippen LogP contribution in [0.1, 0.15) is 43.3 Å². The van der Waals surface area contributed by atoms with Gasteiger partial charge in [-0.25, -0.2) is 4.98 Å². The minimum Gasteiger partial charge on any atom is -0.299 e. The van der Waals surface area contributed by atoms with Crippen LogP contribution in [0.2, 0.25) is 0 Å². The normalized spacial score (nSPS) is 16.7. The van der Waals surface area contributed by atoms with Gasteiger partial charge in [0.1, 0.15) is 5.82 Å². The van der Waals surface area contributed by atoms with Crippen molar-refractivity contribution in [1.29, 1.82) is 0 Å². The lowest BCUT2D eigenvalue weighted by Gasteiger charge is -2.00. The molecule has 0 bridgehead atoms. The van der Waals surface area contributed by atoms with Gasteiger partial charge in [-0.2, -0.15) is 5.10 Å². The fourth-order valence-electron chi connectivity index (χ4n) is 2.01. The lowest BCUT2D eigenvalue weighted by atomic mass is 10.1. The van der Waals surface area contributed by atoms with E-state index in [-0.39, 0.29) is 0 Å². The second kappa shape index (κ2) is 4.94. The fourth-order valence-corrected chi connectivity index (χ4v) is 2.01. The molecule has 1 heterocycles. The third-order valence-electron chi connectivity index (χ3n) is 2.79. The van der Waals surface area contributed by atoms with Crippen LogP contribution in [0.3, 0.4) is 0 Å². The van der Waals surface area contributed by atoms with Crippen molar-refractivity contribution in [1.82, 2.24) is 20.5 Å². The number of hydrogen-bond donors (Lipinski definition) is 2. The van der Waals surface area contributed by atoms with Crippen LogP contribution in [-0.4, -0.2) is 21.7 Å². The first-order chi connectivity index (χ1) is 7.40. The highest BCUT2D eigenvalue weighted by Gasteiger charge is 2.20. The Morgan fingerprint density at radius 3 is 3.00 bits per heavy atom. The van der Waals surface area contributed by atoms with E-state index in [9.17, 15) is 0 Å². The van der Waals surface area contributed by atoms with Gasteiger partial charge in [-0.1, -0.05) is 18.8 Å². The standard InChI is InChI=1S/C11H16N4/c1-2-7-12-8-10-13-11(15-14-10)9-5-3-4-6-9/h1,9,12H,3-8H2,(H,13,14,15). The zero-order valence-corrected chi connectivity index (χ0v) is 8.79. The van der Waals surface area contributed by atoms with Gasteiger partial charge in [-0.15, -0.1) is 6.42 Å². The predicted octanol–water partition coefficient (Wildman–Crippen LogP) is 1.19. The third kappa shape index (κ3) is 2.57. The first-order valence-corrected chi connectivity index (χ1v) is 5.45. The van der Waals surface area contributed by atoms with Crippen LogP contribution in [0.15, 0.2) is 0 Å². The number of hydrogen-bond acceptors (Lipinski definition) is 3. The zero-order chi connectivity index (χ0) is 10.5. The predicted molar refractivity (Wildman–Crippen MR) is 58.1 cm³/mol. The van der Waals surface area contributed by atoms with Gasteiger partial charge < -0.3 is 0 Å². The summed E-state index contributed by atoms with van der Waals surface area (Å²) in [5, 5.41) is 10.3. The topological polar surface area (TPSA) is 53.6 Å². The van der Waals surface area contributed by atoms with Gasteiger partial charge in [-0.05, 0) is 12.8 Å². The Kier molecular flexibility index (Phi) is 3.36. The van der Waals surface area contributed by atoms with Crippen molar-refractivity contribution < 1.29 is 0 Å². The summed E-state index contributed by atoms with van der Waals surface area (Å²) in [6.45, 7) is 1.24. The Labute approximate surface area is 89.9 Å². The number of nitrogens with zero attached hydrogens (tertiary/aromatic N) is 2. The minimum atomic E-state index is 0.569. The Morgan fingerprint density at radius 1 is 1.47 bits per heavy atom. The molecule has 4 nitrogen and oxygen atoms in total. The lowest BCUT2D eigenvalue weighted by molar-refractivity contribution is 0.669. The van der Waals surface area contributed by atoms with Gasteiger partial charge in [0.2, 0.25) is 0 Å². The van der Waals surface area contributed by atoms with Crippen LogP contribution in [0.4, 0.5) is 0 Å². The van der Waals surface area contributed by atoms with Crippen LogP contribution in [0, 0.1) is 12.3 Å². The molecule has 80 valence electrons. The summed E-state index contributed by atoms with van der Waals surface area (Å²) in [5.41, 5.74) is 0. The number of nitrogens with one attached hydrogen (secondary N) is 2. The number of terminal acetylenes is 1. The molecule has 0 aromatic carbocycles. The Hall–Kier alpha value is -1.34. The van der Waals surface area contributed by atoms with E-state index >= 15 is 0 Å². The van der Waals surface area contributed by atoms with E-state index in [1.54, 1.807) is 0 Å². The lowest BCUT2D eigenvalue weighted by Crippen LogP contribution is -2.14. The van der Waals surface area contributed by atoms with E-state index in [1.807, 2.05) is 0 Å². The maximum absolute atomic E-state index is 5.14. The molecule has 0 unspecified atom stereocenters. The van der Waals surface area contributed by atoms with Crippen molar-refractivity contribution in [2.24, 2.45) is 0 Å². The van der Waals surface area contributed by atoms with Crippen molar-refractivity contribution in [3.05, 3.63) is 11.6 Å². The molecule has 0 amide bonds. The summed E-state index contributed by atoms with van der Waals surface area (Å²) in [6, 6.07) is 0. The highest BCUT2D eigenvalue weighted by molar-refractivity contribution is 5.00. The maximum Gasteiger partial charge on any atom is 0.153 e. The largest absolute Gasteiger partial charge is 0.299 e. The molecule has 2 rings (SSSR count). The Balaban J connectivity index is 1.89. The second-order valence-electron chi connectivity index (χ2n) is 3.93. The average molecular weight is 204 g/mol. The Morgan fingerprint density at radius 2 is 2.27 bits per heavy atom. The first-order valence-electron chi connectivity index (χ1n) is 5.45. The number of H-pyrrole nitrogens is 1. The molecule has 1 saturated carbocycles. The quantitative estimate of drug-likeness (QED) is 0.572. The number of rotatable bonds is 4. The second-order valence-corrected chi connectivity index (χ2v) is 3.93. The summed E-state index contributed by atoms with van der Waals surface area (Å²) in [5.74, 6) is 4.96. The number of aromatic amines is 1. The molecule has 4 heteroatoms. The molecule has 0 saturated heterocycles. The smallest absolute Gasteiger partial charge is 0.153 e. The summed E-state index contributed by atoms with van der Waals surface area (Å²) in [6.07, 6.45) is 10.2. The summed E-state index contributed by atoms with van der Waals surface area (Å²) in [7, 11) is 0. The van der Waals surface area contributed by atoms with Crippen molar-refractivity contribution in [3.63, 3.8) is 0 Å². The van der Waals surface area contributed by atoms with Crippen molar-refractivity contribution in [2.45, 2.75) is 38.1 Å². The highest BCUT2D eigenvalue weighted by atomic mass is 15.2. The van der Waals surface area contributed by atoms with E-state index in [1.165, 1.54) is 25.7 Å². The third-order valence-corrected chi connectivity index (χ3v) is 2.79. The van der Waals surface area contributed by atoms with E-state index in [2.05, 4.69) is 26.4 Å². The maximum atomic E-state index is 5.14. The van der Waals surface area contributed by atoms with Crippen LogP contribution in [0.5, 0.6) is 0 Å². The highest BCUT2D eigenvalue weighted by Crippen LogP contribution is 2.31. The van der Waals surface area contributed by atoms with Crippen molar-refractivity contribution >= 4 is 0 Å². The molecule has 0 atom stereocenters. The molecule has 0 radical (unpaired) electrons. The molecule has 0 spiro atoms. The molecule has 2 N–H and O–H groups in total.